The fraction of sp³-hybridized carbons (Fsp3) is 0.267. The predicted octanol–water partition coefficient (Wildman–Crippen LogP) is 2.11. The number of rotatable bonds is 8. The van der Waals surface area contributed by atoms with Gasteiger partial charge in [0.25, 0.3) is 5.91 Å². The van der Waals surface area contributed by atoms with Gasteiger partial charge in [0.2, 0.25) is 0 Å². The summed E-state index contributed by atoms with van der Waals surface area (Å²) < 4.78 is 26.3. The van der Waals surface area contributed by atoms with Crippen molar-refractivity contribution in [3.05, 3.63) is 41.6 Å². The van der Waals surface area contributed by atoms with Crippen LogP contribution in [0.15, 0.2) is 30.0 Å². The van der Waals surface area contributed by atoms with Crippen molar-refractivity contribution in [3.8, 4) is 6.07 Å². The molecule has 1 unspecified atom stereocenters. The van der Waals surface area contributed by atoms with Crippen molar-refractivity contribution in [2.75, 3.05) is 17.3 Å². The van der Waals surface area contributed by atoms with Crippen LogP contribution >= 0.6 is 11.8 Å². The Hall–Kier alpha value is -2.60. The number of nitrogens with zero attached hydrogens (tertiary/aromatic N) is 1. The van der Waals surface area contributed by atoms with E-state index in [-0.39, 0.29) is 12.1 Å². The van der Waals surface area contributed by atoms with Crippen LogP contribution in [0.3, 0.4) is 0 Å². The molecule has 0 aliphatic carbocycles. The van der Waals surface area contributed by atoms with E-state index in [4.69, 9.17) is 10.4 Å². The lowest BCUT2D eigenvalue weighted by atomic mass is 10.2. The fourth-order valence-corrected chi connectivity index (χ4v) is 2.11. The summed E-state index contributed by atoms with van der Waals surface area (Å²) >= 11 is 1.42. The molecule has 1 aromatic rings. The quantitative estimate of drug-likeness (QED) is 0.488. The SMILES string of the molecule is CSCCC(NC(=O)/C(C#N)=C\Nc1ccc(F)cc1F)C(=O)O. The largest absolute Gasteiger partial charge is 0.480 e. The molecule has 0 radical (unpaired) electrons. The smallest absolute Gasteiger partial charge is 0.326 e. The summed E-state index contributed by atoms with van der Waals surface area (Å²) in [5.74, 6) is -3.26. The molecule has 1 amide bonds. The van der Waals surface area contributed by atoms with Gasteiger partial charge in [0, 0.05) is 12.3 Å². The molecule has 1 aromatic carbocycles. The van der Waals surface area contributed by atoms with Gasteiger partial charge in [0.15, 0.2) is 0 Å². The maximum absolute atomic E-state index is 13.5. The zero-order valence-electron chi connectivity index (χ0n) is 12.7. The number of carbonyl (C=O) groups is 2. The predicted molar refractivity (Wildman–Crippen MR) is 86.2 cm³/mol. The van der Waals surface area contributed by atoms with Crippen molar-refractivity contribution in [2.24, 2.45) is 0 Å². The van der Waals surface area contributed by atoms with Gasteiger partial charge in [-0.15, -0.1) is 0 Å². The summed E-state index contributed by atoms with van der Waals surface area (Å²) in [5, 5.41) is 22.6. The molecular weight excluding hydrogens is 340 g/mol. The van der Waals surface area contributed by atoms with E-state index in [1.165, 1.54) is 11.8 Å². The maximum Gasteiger partial charge on any atom is 0.326 e. The van der Waals surface area contributed by atoms with Gasteiger partial charge >= 0.3 is 5.97 Å². The highest BCUT2D eigenvalue weighted by atomic mass is 32.2. The topological polar surface area (TPSA) is 102 Å². The minimum atomic E-state index is -1.22. The van der Waals surface area contributed by atoms with E-state index in [2.05, 4.69) is 10.6 Å². The van der Waals surface area contributed by atoms with Crippen molar-refractivity contribution in [1.82, 2.24) is 5.32 Å². The third kappa shape index (κ3) is 5.89. The third-order valence-electron chi connectivity index (χ3n) is 2.88. The summed E-state index contributed by atoms with van der Waals surface area (Å²) in [4.78, 5) is 23.0. The molecule has 0 fully saturated rings. The number of thioether (sulfide) groups is 1. The van der Waals surface area contributed by atoms with Crippen LogP contribution in [-0.2, 0) is 9.59 Å². The molecule has 0 saturated heterocycles. The number of hydrogen-bond donors (Lipinski definition) is 3. The number of nitriles is 1. The van der Waals surface area contributed by atoms with Crippen LogP contribution in [0.5, 0.6) is 0 Å². The number of carbonyl (C=O) groups excluding carboxylic acids is 1. The van der Waals surface area contributed by atoms with Gasteiger partial charge in [-0.3, -0.25) is 4.79 Å². The average molecular weight is 355 g/mol. The molecule has 1 rings (SSSR count). The maximum atomic E-state index is 13.5. The molecule has 0 aliphatic rings. The summed E-state index contributed by atoms with van der Waals surface area (Å²) in [6.07, 6.45) is 2.92. The zero-order valence-corrected chi connectivity index (χ0v) is 13.5. The van der Waals surface area contributed by atoms with E-state index in [0.29, 0.717) is 11.8 Å². The first-order chi connectivity index (χ1) is 11.4. The van der Waals surface area contributed by atoms with Crippen molar-refractivity contribution in [1.29, 1.82) is 5.26 Å². The second-order valence-corrected chi connectivity index (χ2v) is 5.57. The summed E-state index contributed by atoms with van der Waals surface area (Å²) in [6.45, 7) is 0. The number of anilines is 1. The minimum absolute atomic E-state index is 0.130. The number of benzene rings is 1. The molecule has 0 spiro atoms. The first-order valence-electron chi connectivity index (χ1n) is 6.73. The van der Waals surface area contributed by atoms with Crippen molar-refractivity contribution in [3.63, 3.8) is 0 Å². The number of carboxylic acid groups (broad SMARTS) is 1. The molecule has 9 heteroatoms. The standard InChI is InChI=1S/C15H15F2N3O3S/c1-24-5-4-13(15(22)23)20-14(21)9(7-18)8-19-12-3-2-10(16)6-11(12)17/h2-3,6,8,13,19H,4-5H2,1H3,(H,20,21)(H,22,23)/b9-8-. The van der Waals surface area contributed by atoms with Crippen LogP contribution in [0.4, 0.5) is 14.5 Å². The molecule has 128 valence electrons. The first-order valence-corrected chi connectivity index (χ1v) is 8.13. The highest BCUT2D eigenvalue weighted by Gasteiger charge is 2.21. The number of amides is 1. The first kappa shape index (κ1) is 19.4. The Balaban J connectivity index is 2.81. The highest BCUT2D eigenvalue weighted by Crippen LogP contribution is 2.15. The monoisotopic (exact) mass is 355 g/mol. The summed E-state index contributed by atoms with van der Waals surface area (Å²) in [5.41, 5.74) is -0.566. The highest BCUT2D eigenvalue weighted by molar-refractivity contribution is 7.98. The van der Waals surface area contributed by atoms with Crippen molar-refractivity contribution >= 4 is 29.3 Å². The average Bonchev–Trinajstić information content (AvgIpc) is 2.53. The molecule has 1 atom stereocenters. The molecular formula is C15H15F2N3O3S. The van der Waals surface area contributed by atoms with E-state index in [9.17, 15) is 18.4 Å². The van der Waals surface area contributed by atoms with E-state index in [0.717, 1.165) is 18.3 Å². The normalized spacial score (nSPS) is 12.2. The summed E-state index contributed by atoms with van der Waals surface area (Å²) in [6, 6.07) is 3.22. The second kappa shape index (κ2) is 9.52. The second-order valence-electron chi connectivity index (χ2n) is 4.58. The van der Waals surface area contributed by atoms with Crippen LogP contribution in [-0.4, -0.2) is 35.0 Å². The number of halogens is 2. The van der Waals surface area contributed by atoms with Gasteiger partial charge in [0.1, 0.15) is 29.3 Å². The van der Waals surface area contributed by atoms with Crippen LogP contribution < -0.4 is 10.6 Å². The van der Waals surface area contributed by atoms with E-state index in [1.807, 2.05) is 0 Å². The number of hydrogen-bond acceptors (Lipinski definition) is 5. The Bertz CT molecular complexity index is 689. The molecule has 0 saturated carbocycles. The van der Waals surface area contributed by atoms with Gasteiger partial charge in [0.05, 0.1) is 5.69 Å². The molecule has 6 nitrogen and oxygen atoms in total. The zero-order chi connectivity index (χ0) is 18.1. The van der Waals surface area contributed by atoms with Gasteiger partial charge in [-0.2, -0.15) is 17.0 Å². The van der Waals surface area contributed by atoms with E-state index >= 15 is 0 Å². The minimum Gasteiger partial charge on any atom is -0.480 e. The third-order valence-corrected chi connectivity index (χ3v) is 3.53. The van der Waals surface area contributed by atoms with Crippen LogP contribution in [0, 0.1) is 23.0 Å². The van der Waals surface area contributed by atoms with Crippen molar-refractivity contribution < 1.29 is 23.5 Å². The molecule has 0 aliphatic heterocycles. The number of carboxylic acids is 1. The Labute approximate surface area is 141 Å². The van der Waals surface area contributed by atoms with Gasteiger partial charge in [-0.25, -0.2) is 13.6 Å². The van der Waals surface area contributed by atoms with Gasteiger partial charge < -0.3 is 15.7 Å². The molecule has 24 heavy (non-hydrogen) atoms. The van der Waals surface area contributed by atoms with Gasteiger partial charge in [-0.05, 0) is 30.6 Å². The lowest BCUT2D eigenvalue weighted by Gasteiger charge is -2.13. The lowest BCUT2D eigenvalue weighted by Crippen LogP contribution is -2.41. The molecule has 3 N–H and O–H groups in total. The Morgan fingerprint density at radius 2 is 2.17 bits per heavy atom. The Morgan fingerprint density at radius 1 is 1.46 bits per heavy atom. The Morgan fingerprint density at radius 3 is 2.71 bits per heavy atom. The van der Waals surface area contributed by atoms with Crippen LogP contribution in [0.2, 0.25) is 0 Å². The number of aliphatic carboxylic acids is 1. The van der Waals surface area contributed by atoms with Crippen LogP contribution in [0.25, 0.3) is 0 Å². The van der Waals surface area contributed by atoms with E-state index in [1.54, 1.807) is 12.3 Å². The molecule has 0 heterocycles. The number of nitrogens with one attached hydrogen (secondary N) is 2. The van der Waals surface area contributed by atoms with Crippen LogP contribution in [0.1, 0.15) is 6.42 Å². The fourth-order valence-electron chi connectivity index (χ4n) is 1.63. The molecule has 0 aromatic heterocycles. The Kier molecular flexibility index (Phi) is 7.71. The van der Waals surface area contributed by atoms with Crippen molar-refractivity contribution in [2.45, 2.75) is 12.5 Å². The lowest BCUT2D eigenvalue weighted by molar-refractivity contribution is -0.141. The van der Waals surface area contributed by atoms with E-state index < -0.39 is 35.1 Å². The summed E-state index contributed by atoms with van der Waals surface area (Å²) in [7, 11) is 0. The van der Waals surface area contributed by atoms with Gasteiger partial charge in [-0.1, -0.05) is 0 Å². The molecule has 0 bridgehead atoms.